The molecular formula is C14H15NO3S. The van der Waals surface area contributed by atoms with Crippen molar-refractivity contribution in [3.63, 3.8) is 0 Å². The molecule has 2 aromatic rings. The van der Waals surface area contributed by atoms with Gasteiger partial charge in [0.1, 0.15) is 22.9 Å². The number of rotatable bonds is 5. The number of ether oxygens (including phenoxy) is 1. The van der Waals surface area contributed by atoms with E-state index in [9.17, 15) is 9.90 Å². The molecule has 0 aliphatic heterocycles. The first-order chi connectivity index (χ1) is 9.08. The van der Waals surface area contributed by atoms with Crippen molar-refractivity contribution in [2.45, 2.75) is 26.4 Å². The number of carboxylic acid groups (broad SMARTS) is 1. The van der Waals surface area contributed by atoms with Crippen LogP contribution in [0.1, 0.15) is 40.1 Å². The van der Waals surface area contributed by atoms with E-state index in [0.717, 1.165) is 5.01 Å². The average molecular weight is 277 g/mol. The summed E-state index contributed by atoms with van der Waals surface area (Å²) in [6.07, 6.45) is 0. The minimum atomic E-state index is -0.948. The van der Waals surface area contributed by atoms with Gasteiger partial charge in [-0.15, -0.1) is 11.3 Å². The first-order valence-corrected chi connectivity index (χ1v) is 6.80. The molecule has 2 rings (SSSR count). The standard InChI is InChI=1S/C14H15NO3S/c1-9(2)13-15-11(12(19-13)14(16)17)8-18-10-6-4-3-5-7-10/h3-7,9H,8H2,1-2H3,(H,16,17). The van der Waals surface area contributed by atoms with Crippen molar-refractivity contribution in [3.05, 3.63) is 45.9 Å². The highest BCUT2D eigenvalue weighted by atomic mass is 32.1. The second-order valence-corrected chi connectivity index (χ2v) is 5.42. The minimum Gasteiger partial charge on any atom is -0.487 e. The highest BCUT2D eigenvalue weighted by Crippen LogP contribution is 2.26. The Balaban J connectivity index is 2.17. The van der Waals surface area contributed by atoms with Crippen molar-refractivity contribution in [2.75, 3.05) is 0 Å². The van der Waals surface area contributed by atoms with Crippen LogP contribution in [0.25, 0.3) is 0 Å². The second kappa shape index (κ2) is 5.84. The van der Waals surface area contributed by atoms with Crippen LogP contribution in [-0.2, 0) is 6.61 Å². The predicted octanol–water partition coefficient (Wildman–Crippen LogP) is 3.54. The van der Waals surface area contributed by atoms with Crippen LogP contribution in [0.15, 0.2) is 30.3 Å². The highest BCUT2D eigenvalue weighted by Gasteiger charge is 2.19. The minimum absolute atomic E-state index is 0.175. The second-order valence-electron chi connectivity index (χ2n) is 4.39. The summed E-state index contributed by atoms with van der Waals surface area (Å²) >= 11 is 1.22. The van der Waals surface area contributed by atoms with Crippen molar-refractivity contribution >= 4 is 17.3 Å². The lowest BCUT2D eigenvalue weighted by atomic mass is 10.2. The van der Waals surface area contributed by atoms with Gasteiger partial charge < -0.3 is 9.84 Å². The number of aromatic nitrogens is 1. The molecule has 4 nitrogen and oxygen atoms in total. The van der Waals surface area contributed by atoms with Crippen molar-refractivity contribution in [1.82, 2.24) is 4.98 Å². The fourth-order valence-corrected chi connectivity index (χ4v) is 2.46. The number of para-hydroxylation sites is 1. The summed E-state index contributed by atoms with van der Waals surface area (Å²) in [7, 11) is 0. The number of benzene rings is 1. The molecule has 0 aliphatic carbocycles. The number of nitrogens with zero attached hydrogens (tertiary/aromatic N) is 1. The van der Waals surface area contributed by atoms with Crippen LogP contribution in [0.2, 0.25) is 0 Å². The number of carbonyl (C=O) groups is 1. The van der Waals surface area contributed by atoms with Gasteiger partial charge in [-0.1, -0.05) is 32.0 Å². The van der Waals surface area contributed by atoms with Gasteiger partial charge in [-0.2, -0.15) is 0 Å². The van der Waals surface area contributed by atoms with Gasteiger partial charge in [-0.3, -0.25) is 0 Å². The molecule has 5 heteroatoms. The maximum absolute atomic E-state index is 11.2. The van der Waals surface area contributed by atoms with E-state index >= 15 is 0 Å². The van der Waals surface area contributed by atoms with Gasteiger partial charge in [-0.25, -0.2) is 9.78 Å². The topological polar surface area (TPSA) is 59.4 Å². The van der Waals surface area contributed by atoms with E-state index in [0.29, 0.717) is 11.4 Å². The van der Waals surface area contributed by atoms with Gasteiger partial charge in [0.25, 0.3) is 0 Å². The van der Waals surface area contributed by atoms with E-state index in [1.54, 1.807) is 0 Å². The maximum Gasteiger partial charge on any atom is 0.347 e. The SMILES string of the molecule is CC(C)c1nc(COc2ccccc2)c(C(=O)O)s1. The third-order valence-corrected chi connectivity index (χ3v) is 3.91. The summed E-state index contributed by atoms with van der Waals surface area (Å²) in [6.45, 7) is 4.16. The van der Waals surface area contributed by atoms with Gasteiger partial charge in [0.05, 0.1) is 5.01 Å². The molecule has 19 heavy (non-hydrogen) atoms. The Hall–Kier alpha value is -1.88. The van der Waals surface area contributed by atoms with Crippen LogP contribution < -0.4 is 4.74 Å². The molecular weight excluding hydrogens is 262 g/mol. The third-order valence-electron chi connectivity index (χ3n) is 2.52. The molecule has 0 saturated carbocycles. The number of thiazole rings is 1. The van der Waals surface area contributed by atoms with Crippen LogP contribution in [-0.4, -0.2) is 16.1 Å². The molecule has 1 aromatic carbocycles. The number of aromatic carboxylic acids is 1. The van der Waals surface area contributed by atoms with Gasteiger partial charge in [0.2, 0.25) is 0 Å². The van der Waals surface area contributed by atoms with Gasteiger partial charge >= 0.3 is 5.97 Å². The van der Waals surface area contributed by atoms with Gasteiger partial charge in [-0.05, 0) is 12.1 Å². The van der Waals surface area contributed by atoms with Crippen molar-refractivity contribution in [2.24, 2.45) is 0 Å². The molecule has 100 valence electrons. The first-order valence-electron chi connectivity index (χ1n) is 5.98. The number of hydrogen-bond acceptors (Lipinski definition) is 4. The van der Waals surface area contributed by atoms with Crippen LogP contribution in [0, 0.1) is 0 Å². The normalized spacial score (nSPS) is 10.7. The molecule has 1 aromatic heterocycles. The van der Waals surface area contributed by atoms with Crippen molar-refractivity contribution in [1.29, 1.82) is 0 Å². The van der Waals surface area contributed by atoms with Gasteiger partial charge in [0, 0.05) is 5.92 Å². The number of hydrogen-bond donors (Lipinski definition) is 1. The predicted molar refractivity (Wildman–Crippen MR) is 73.9 cm³/mol. The van der Waals surface area contributed by atoms with E-state index in [2.05, 4.69) is 4.98 Å². The Kier molecular flexibility index (Phi) is 4.16. The Morgan fingerprint density at radius 1 is 1.37 bits per heavy atom. The van der Waals surface area contributed by atoms with E-state index < -0.39 is 5.97 Å². The van der Waals surface area contributed by atoms with E-state index in [1.165, 1.54) is 11.3 Å². The first kappa shape index (κ1) is 13.5. The average Bonchev–Trinajstić information content (AvgIpc) is 2.82. The van der Waals surface area contributed by atoms with Crippen LogP contribution >= 0.6 is 11.3 Å². The van der Waals surface area contributed by atoms with E-state index in [1.807, 2.05) is 44.2 Å². The Bertz CT molecular complexity index is 563. The summed E-state index contributed by atoms with van der Waals surface area (Å²) in [4.78, 5) is 15.8. The summed E-state index contributed by atoms with van der Waals surface area (Å²) in [5.41, 5.74) is 0.491. The van der Waals surface area contributed by atoms with E-state index in [4.69, 9.17) is 4.74 Å². The lowest BCUT2D eigenvalue weighted by molar-refractivity contribution is 0.0699. The molecule has 0 aliphatic rings. The van der Waals surface area contributed by atoms with Crippen LogP contribution in [0.4, 0.5) is 0 Å². The molecule has 0 bridgehead atoms. The molecule has 0 unspecified atom stereocenters. The fraction of sp³-hybridized carbons (Fsp3) is 0.286. The largest absolute Gasteiger partial charge is 0.487 e. The molecule has 0 saturated heterocycles. The zero-order chi connectivity index (χ0) is 13.8. The van der Waals surface area contributed by atoms with Crippen molar-refractivity contribution < 1.29 is 14.6 Å². The molecule has 0 fully saturated rings. The highest BCUT2D eigenvalue weighted by molar-refractivity contribution is 7.13. The summed E-state index contributed by atoms with van der Waals surface area (Å²) in [5.74, 6) is -0.0254. The summed E-state index contributed by atoms with van der Waals surface area (Å²) in [5, 5.41) is 10.00. The van der Waals surface area contributed by atoms with Gasteiger partial charge in [0.15, 0.2) is 0 Å². The molecule has 1 heterocycles. The van der Waals surface area contributed by atoms with Crippen LogP contribution in [0.3, 0.4) is 0 Å². The van der Waals surface area contributed by atoms with E-state index in [-0.39, 0.29) is 17.4 Å². The van der Waals surface area contributed by atoms with Crippen LogP contribution in [0.5, 0.6) is 5.75 Å². The molecule has 0 radical (unpaired) electrons. The Morgan fingerprint density at radius 2 is 2.05 bits per heavy atom. The van der Waals surface area contributed by atoms with Crippen molar-refractivity contribution in [3.8, 4) is 5.75 Å². The third kappa shape index (κ3) is 3.32. The smallest absolute Gasteiger partial charge is 0.347 e. The summed E-state index contributed by atoms with van der Waals surface area (Å²) < 4.78 is 5.56. The zero-order valence-electron chi connectivity index (χ0n) is 10.8. The maximum atomic E-state index is 11.2. The zero-order valence-corrected chi connectivity index (χ0v) is 11.6. The molecule has 0 atom stereocenters. The molecule has 1 N–H and O–H groups in total. The summed E-state index contributed by atoms with van der Waals surface area (Å²) in [6, 6.07) is 9.30. The molecule has 0 amide bonds. The monoisotopic (exact) mass is 277 g/mol. The molecule has 0 spiro atoms. The lowest BCUT2D eigenvalue weighted by Gasteiger charge is -2.04. The number of carboxylic acids is 1. The Morgan fingerprint density at radius 3 is 2.63 bits per heavy atom. The fourth-order valence-electron chi connectivity index (χ4n) is 1.55. The Labute approximate surface area is 115 Å². The quantitative estimate of drug-likeness (QED) is 0.908. The lowest BCUT2D eigenvalue weighted by Crippen LogP contribution is -2.03.